The Hall–Kier alpha value is -0.300. The minimum atomic E-state index is -3.62. The zero-order chi connectivity index (χ0) is 13.3. The fourth-order valence-corrected chi connectivity index (χ4v) is 4.36. The van der Waals surface area contributed by atoms with E-state index in [0.29, 0.717) is 0 Å². The van der Waals surface area contributed by atoms with Gasteiger partial charge in [0.25, 0.3) is 10.0 Å². The van der Waals surface area contributed by atoms with Crippen molar-refractivity contribution in [2.75, 3.05) is 0 Å². The van der Waals surface area contributed by atoms with Crippen LogP contribution >= 0.6 is 23.2 Å². The van der Waals surface area contributed by atoms with Crippen LogP contribution in [0, 0.1) is 0 Å². The summed E-state index contributed by atoms with van der Waals surface area (Å²) in [5.74, 6) is 0. The first-order valence-corrected chi connectivity index (χ1v) is 8.04. The standard InChI is InChI=1S/C10H15Cl2N3O2S/c1-15-10(9(12)6-13-15)18(16,17)14-8-4-2-7(11)3-5-8/h6-8,14H,2-5H2,1H3. The zero-order valence-electron chi connectivity index (χ0n) is 9.94. The fourth-order valence-electron chi connectivity index (χ4n) is 2.15. The third kappa shape index (κ3) is 2.99. The number of alkyl halides is 1. The number of nitrogens with zero attached hydrogens (tertiary/aromatic N) is 2. The Labute approximate surface area is 117 Å². The van der Waals surface area contributed by atoms with Gasteiger partial charge in [-0.2, -0.15) is 5.10 Å². The van der Waals surface area contributed by atoms with Crippen LogP contribution in [-0.2, 0) is 17.1 Å². The van der Waals surface area contributed by atoms with Gasteiger partial charge in [0.05, 0.1) is 11.2 Å². The van der Waals surface area contributed by atoms with Crippen LogP contribution in [0.25, 0.3) is 0 Å². The van der Waals surface area contributed by atoms with Crippen LogP contribution in [0.3, 0.4) is 0 Å². The third-order valence-corrected chi connectivity index (χ3v) is 5.54. The minimum absolute atomic E-state index is 0.0113. The maximum absolute atomic E-state index is 12.2. The van der Waals surface area contributed by atoms with Gasteiger partial charge in [0.1, 0.15) is 0 Å². The molecule has 1 aromatic heterocycles. The first-order valence-electron chi connectivity index (χ1n) is 5.74. The fraction of sp³-hybridized carbons (Fsp3) is 0.700. The molecule has 0 aliphatic heterocycles. The number of aryl methyl sites for hydroxylation is 1. The van der Waals surface area contributed by atoms with Gasteiger partial charge in [-0.05, 0) is 25.7 Å². The minimum Gasteiger partial charge on any atom is -0.255 e. The van der Waals surface area contributed by atoms with Crippen molar-refractivity contribution in [1.29, 1.82) is 0 Å². The molecule has 1 fully saturated rings. The molecule has 0 unspecified atom stereocenters. The molecule has 0 aromatic carbocycles. The van der Waals surface area contributed by atoms with Gasteiger partial charge in [-0.15, -0.1) is 11.6 Å². The van der Waals surface area contributed by atoms with Gasteiger partial charge in [-0.1, -0.05) is 11.6 Å². The topological polar surface area (TPSA) is 64.0 Å². The highest BCUT2D eigenvalue weighted by Crippen LogP contribution is 2.25. The number of rotatable bonds is 3. The molecule has 1 saturated carbocycles. The quantitative estimate of drug-likeness (QED) is 0.867. The third-order valence-electron chi connectivity index (χ3n) is 3.08. The van der Waals surface area contributed by atoms with E-state index in [0.717, 1.165) is 25.7 Å². The summed E-state index contributed by atoms with van der Waals surface area (Å²) < 4.78 is 28.3. The molecule has 102 valence electrons. The lowest BCUT2D eigenvalue weighted by molar-refractivity contribution is 0.415. The summed E-state index contributed by atoms with van der Waals surface area (Å²) >= 11 is 11.8. The zero-order valence-corrected chi connectivity index (χ0v) is 12.3. The predicted molar refractivity (Wildman–Crippen MR) is 70.4 cm³/mol. The predicted octanol–water partition coefficient (Wildman–Crippen LogP) is 1.90. The Kier molecular flexibility index (Phi) is 4.21. The molecule has 5 nitrogen and oxygen atoms in total. The van der Waals surface area contributed by atoms with E-state index < -0.39 is 10.0 Å². The second-order valence-corrected chi connectivity index (χ2v) is 7.15. The van der Waals surface area contributed by atoms with Crippen LogP contribution in [-0.4, -0.2) is 29.6 Å². The highest BCUT2D eigenvalue weighted by atomic mass is 35.5. The van der Waals surface area contributed by atoms with E-state index in [2.05, 4.69) is 9.82 Å². The molecule has 1 aromatic rings. The summed E-state index contributed by atoms with van der Waals surface area (Å²) in [5.41, 5.74) is 0. The van der Waals surface area contributed by atoms with Crippen molar-refractivity contribution in [2.24, 2.45) is 7.05 Å². The molecule has 1 heterocycles. The second kappa shape index (κ2) is 5.36. The molecule has 0 spiro atoms. The summed E-state index contributed by atoms with van der Waals surface area (Å²) in [6, 6.07) is -0.0732. The lowest BCUT2D eigenvalue weighted by Gasteiger charge is -2.25. The van der Waals surface area contributed by atoms with Gasteiger partial charge in [0.2, 0.25) is 0 Å². The summed E-state index contributed by atoms with van der Waals surface area (Å²) in [5, 5.41) is 4.14. The molecular formula is C10H15Cl2N3O2S. The largest absolute Gasteiger partial charge is 0.259 e. The van der Waals surface area contributed by atoms with Crippen molar-refractivity contribution in [3.05, 3.63) is 11.2 Å². The van der Waals surface area contributed by atoms with E-state index in [1.165, 1.54) is 10.9 Å². The number of sulfonamides is 1. The highest BCUT2D eigenvalue weighted by molar-refractivity contribution is 7.89. The summed E-state index contributed by atoms with van der Waals surface area (Å²) in [6.07, 6.45) is 4.49. The van der Waals surface area contributed by atoms with Crippen molar-refractivity contribution < 1.29 is 8.42 Å². The maximum atomic E-state index is 12.2. The first-order chi connectivity index (χ1) is 8.40. The molecular weight excluding hydrogens is 297 g/mol. The van der Waals surface area contributed by atoms with Gasteiger partial charge in [0.15, 0.2) is 5.03 Å². The van der Waals surface area contributed by atoms with Crippen molar-refractivity contribution in [3.63, 3.8) is 0 Å². The van der Waals surface area contributed by atoms with E-state index in [1.54, 1.807) is 7.05 Å². The highest BCUT2D eigenvalue weighted by Gasteiger charge is 2.28. The van der Waals surface area contributed by atoms with E-state index in [1.807, 2.05) is 0 Å². The van der Waals surface area contributed by atoms with Crippen molar-refractivity contribution in [2.45, 2.75) is 42.1 Å². The van der Waals surface area contributed by atoms with Crippen LogP contribution in [0.4, 0.5) is 0 Å². The van der Waals surface area contributed by atoms with Gasteiger partial charge in [-0.3, -0.25) is 4.68 Å². The van der Waals surface area contributed by atoms with Gasteiger partial charge in [-0.25, -0.2) is 13.1 Å². The summed E-state index contributed by atoms with van der Waals surface area (Å²) in [6.45, 7) is 0. The Morgan fingerprint density at radius 1 is 1.39 bits per heavy atom. The Bertz CT molecular complexity index is 502. The number of halogens is 2. The molecule has 8 heteroatoms. The molecule has 1 N–H and O–H groups in total. The van der Waals surface area contributed by atoms with Crippen LogP contribution in [0.2, 0.25) is 5.02 Å². The molecule has 0 radical (unpaired) electrons. The first kappa shape index (κ1) is 14.1. The number of hydrogen-bond acceptors (Lipinski definition) is 3. The molecule has 0 atom stereocenters. The SMILES string of the molecule is Cn1ncc(Cl)c1S(=O)(=O)NC1CCC(Cl)CC1. The Balaban J connectivity index is 2.13. The molecule has 0 bridgehead atoms. The lowest BCUT2D eigenvalue weighted by atomic mass is 9.96. The average molecular weight is 312 g/mol. The van der Waals surface area contributed by atoms with Crippen LogP contribution in [0.1, 0.15) is 25.7 Å². The Morgan fingerprint density at radius 3 is 2.50 bits per heavy atom. The van der Waals surface area contributed by atoms with E-state index in [9.17, 15) is 8.42 Å². The number of hydrogen-bond donors (Lipinski definition) is 1. The van der Waals surface area contributed by atoms with Crippen molar-refractivity contribution in [1.82, 2.24) is 14.5 Å². The van der Waals surface area contributed by atoms with Gasteiger partial charge in [0, 0.05) is 18.5 Å². The lowest BCUT2D eigenvalue weighted by Crippen LogP contribution is -2.38. The van der Waals surface area contributed by atoms with Crippen LogP contribution < -0.4 is 4.72 Å². The van der Waals surface area contributed by atoms with Crippen molar-refractivity contribution in [3.8, 4) is 0 Å². The number of aromatic nitrogens is 2. The second-order valence-electron chi connectivity index (χ2n) is 4.49. The van der Waals surface area contributed by atoms with E-state index in [-0.39, 0.29) is 21.5 Å². The Morgan fingerprint density at radius 2 is 2.00 bits per heavy atom. The van der Waals surface area contributed by atoms with Gasteiger partial charge >= 0.3 is 0 Å². The molecule has 1 aliphatic rings. The van der Waals surface area contributed by atoms with Crippen LogP contribution in [0.15, 0.2) is 11.2 Å². The van der Waals surface area contributed by atoms with Crippen molar-refractivity contribution >= 4 is 33.2 Å². The molecule has 0 amide bonds. The monoisotopic (exact) mass is 311 g/mol. The molecule has 18 heavy (non-hydrogen) atoms. The van der Waals surface area contributed by atoms with Gasteiger partial charge < -0.3 is 0 Å². The summed E-state index contributed by atoms with van der Waals surface area (Å²) in [7, 11) is -2.07. The normalized spacial score (nSPS) is 25.3. The average Bonchev–Trinajstić information content (AvgIpc) is 2.62. The molecule has 1 aliphatic carbocycles. The van der Waals surface area contributed by atoms with Crippen LogP contribution in [0.5, 0.6) is 0 Å². The van der Waals surface area contributed by atoms with E-state index >= 15 is 0 Å². The molecule has 0 saturated heterocycles. The maximum Gasteiger partial charge on any atom is 0.259 e. The summed E-state index contributed by atoms with van der Waals surface area (Å²) in [4.78, 5) is 0. The smallest absolute Gasteiger partial charge is 0.255 e. The number of nitrogens with one attached hydrogen (secondary N) is 1. The van der Waals surface area contributed by atoms with E-state index in [4.69, 9.17) is 23.2 Å². The molecule has 2 rings (SSSR count).